The number of benzene rings is 1. The smallest absolute Gasteiger partial charge is 0.168 e. The lowest BCUT2D eigenvalue weighted by atomic mass is 10.1. The molecular formula is C11H10BrNO2. The first-order valence-electron chi connectivity index (χ1n) is 4.42. The van der Waals surface area contributed by atoms with Crippen LogP contribution in [0.25, 0.3) is 10.8 Å². The number of rotatable bonds is 2. The normalized spacial score (nSPS) is 10.3. The van der Waals surface area contributed by atoms with Gasteiger partial charge in [-0.05, 0) is 28.1 Å². The Balaban J connectivity index is 2.85. The molecule has 0 aliphatic carbocycles. The number of methoxy groups -OCH3 is 2. The molecule has 0 radical (unpaired) electrons. The van der Waals surface area contributed by atoms with E-state index in [4.69, 9.17) is 9.47 Å². The zero-order valence-electron chi connectivity index (χ0n) is 8.45. The van der Waals surface area contributed by atoms with Crippen LogP contribution in [-0.2, 0) is 0 Å². The Morgan fingerprint density at radius 1 is 1.20 bits per heavy atom. The van der Waals surface area contributed by atoms with E-state index in [9.17, 15) is 0 Å². The van der Waals surface area contributed by atoms with Crippen LogP contribution < -0.4 is 9.47 Å². The number of pyridine rings is 1. The van der Waals surface area contributed by atoms with Crippen LogP contribution >= 0.6 is 15.9 Å². The lowest BCUT2D eigenvalue weighted by molar-refractivity contribution is 0.358. The first-order chi connectivity index (χ1) is 7.27. The van der Waals surface area contributed by atoms with Crippen molar-refractivity contribution in [2.45, 2.75) is 0 Å². The minimum Gasteiger partial charge on any atom is -0.493 e. The summed E-state index contributed by atoms with van der Waals surface area (Å²) in [6.07, 6.45) is 3.53. The van der Waals surface area contributed by atoms with Gasteiger partial charge in [0.05, 0.1) is 14.2 Å². The summed E-state index contributed by atoms with van der Waals surface area (Å²) < 4.78 is 11.5. The molecule has 0 aliphatic rings. The van der Waals surface area contributed by atoms with E-state index < -0.39 is 0 Å². The first kappa shape index (κ1) is 10.2. The van der Waals surface area contributed by atoms with Gasteiger partial charge in [0, 0.05) is 27.6 Å². The van der Waals surface area contributed by atoms with Crippen LogP contribution in [0.15, 0.2) is 29.0 Å². The maximum atomic E-state index is 5.33. The van der Waals surface area contributed by atoms with Crippen molar-refractivity contribution in [2.24, 2.45) is 0 Å². The third-order valence-corrected chi connectivity index (χ3v) is 2.88. The van der Waals surface area contributed by atoms with E-state index in [1.54, 1.807) is 26.6 Å². The highest BCUT2D eigenvalue weighted by molar-refractivity contribution is 9.10. The lowest BCUT2D eigenvalue weighted by Crippen LogP contribution is -1.92. The van der Waals surface area contributed by atoms with E-state index in [0.29, 0.717) is 5.75 Å². The van der Waals surface area contributed by atoms with Crippen LogP contribution in [0.4, 0.5) is 0 Å². The highest BCUT2D eigenvalue weighted by Gasteiger charge is 2.11. The Bertz CT molecular complexity index is 499. The quantitative estimate of drug-likeness (QED) is 0.838. The summed E-state index contributed by atoms with van der Waals surface area (Å²) in [5.74, 6) is 1.45. The molecule has 0 saturated carbocycles. The molecule has 3 nitrogen and oxygen atoms in total. The van der Waals surface area contributed by atoms with Crippen molar-refractivity contribution in [1.82, 2.24) is 4.98 Å². The molecule has 0 spiro atoms. The van der Waals surface area contributed by atoms with Gasteiger partial charge in [0.2, 0.25) is 0 Å². The molecule has 0 fully saturated rings. The van der Waals surface area contributed by atoms with Gasteiger partial charge in [0.25, 0.3) is 0 Å². The fourth-order valence-electron chi connectivity index (χ4n) is 1.54. The largest absolute Gasteiger partial charge is 0.493 e. The summed E-state index contributed by atoms with van der Waals surface area (Å²) in [4.78, 5) is 4.08. The van der Waals surface area contributed by atoms with E-state index in [0.717, 1.165) is 21.0 Å². The van der Waals surface area contributed by atoms with E-state index in [-0.39, 0.29) is 0 Å². The second-order valence-corrected chi connectivity index (χ2v) is 3.87. The second kappa shape index (κ2) is 4.06. The SMILES string of the molecule is COc1cc(Br)c2cnccc2c1OC. The summed E-state index contributed by atoms with van der Waals surface area (Å²) in [7, 11) is 3.25. The molecule has 0 atom stereocenters. The number of halogens is 1. The van der Waals surface area contributed by atoms with Gasteiger partial charge in [-0.25, -0.2) is 0 Å². The predicted octanol–water partition coefficient (Wildman–Crippen LogP) is 3.01. The molecule has 15 heavy (non-hydrogen) atoms. The van der Waals surface area contributed by atoms with Gasteiger partial charge < -0.3 is 9.47 Å². The van der Waals surface area contributed by atoms with Crippen LogP contribution in [0.2, 0.25) is 0 Å². The van der Waals surface area contributed by atoms with E-state index in [1.807, 2.05) is 12.1 Å². The van der Waals surface area contributed by atoms with Gasteiger partial charge in [0.15, 0.2) is 11.5 Å². The summed E-state index contributed by atoms with van der Waals surface area (Å²) in [6.45, 7) is 0. The number of hydrogen-bond donors (Lipinski definition) is 0. The fourth-order valence-corrected chi connectivity index (χ4v) is 2.06. The topological polar surface area (TPSA) is 31.4 Å². The van der Waals surface area contributed by atoms with E-state index >= 15 is 0 Å². The first-order valence-corrected chi connectivity index (χ1v) is 5.21. The van der Waals surface area contributed by atoms with Crippen molar-refractivity contribution in [1.29, 1.82) is 0 Å². The molecular weight excluding hydrogens is 258 g/mol. The summed E-state index contributed by atoms with van der Waals surface area (Å²) in [6, 6.07) is 3.78. The average Bonchev–Trinajstić information content (AvgIpc) is 2.29. The second-order valence-electron chi connectivity index (χ2n) is 3.02. The molecule has 0 N–H and O–H groups in total. The monoisotopic (exact) mass is 267 g/mol. The van der Waals surface area contributed by atoms with Crippen molar-refractivity contribution in [3.63, 3.8) is 0 Å². The Labute approximate surface area is 96.2 Å². The van der Waals surface area contributed by atoms with Crippen LogP contribution in [0.3, 0.4) is 0 Å². The molecule has 1 aromatic heterocycles. The van der Waals surface area contributed by atoms with Crippen LogP contribution in [0.1, 0.15) is 0 Å². The minimum absolute atomic E-state index is 0.711. The van der Waals surface area contributed by atoms with E-state index in [1.165, 1.54) is 0 Å². The maximum Gasteiger partial charge on any atom is 0.168 e. The number of fused-ring (bicyclic) bond motifs is 1. The minimum atomic E-state index is 0.711. The van der Waals surface area contributed by atoms with Gasteiger partial charge in [0.1, 0.15) is 0 Å². The molecule has 78 valence electrons. The molecule has 0 saturated heterocycles. The Morgan fingerprint density at radius 2 is 2.00 bits per heavy atom. The molecule has 2 aromatic rings. The number of ether oxygens (including phenoxy) is 2. The highest BCUT2D eigenvalue weighted by atomic mass is 79.9. The van der Waals surface area contributed by atoms with Crippen molar-refractivity contribution >= 4 is 26.7 Å². The number of nitrogens with zero attached hydrogens (tertiary/aromatic N) is 1. The third kappa shape index (κ3) is 1.65. The standard InChI is InChI=1S/C11H10BrNO2/c1-14-10-5-9(12)8-6-13-4-3-7(8)11(10)15-2/h3-6H,1-2H3. The van der Waals surface area contributed by atoms with Crippen LogP contribution in [0, 0.1) is 0 Å². The number of hydrogen-bond acceptors (Lipinski definition) is 3. The Morgan fingerprint density at radius 3 is 2.67 bits per heavy atom. The van der Waals surface area contributed by atoms with Crippen LogP contribution in [-0.4, -0.2) is 19.2 Å². The predicted molar refractivity (Wildman–Crippen MR) is 62.5 cm³/mol. The van der Waals surface area contributed by atoms with E-state index in [2.05, 4.69) is 20.9 Å². The zero-order valence-corrected chi connectivity index (χ0v) is 10.0. The Kier molecular flexibility index (Phi) is 2.77. The van der Waals surface area contributed by atoms with Crippen molar-refractivity contribution in [2.75, 3.05) is 14.2 Å². The fraction of sp³-hybridized carbons (Fsp3) is 0.182. The zero-order chi connectivity index (χ0) is 10.8. The molecule has 0 unspecified atom stereocenters. The molecule has 0 aliphatic heterocycles. The highest BCUT2D eigenvalue weighted by Crippen LogP contribution is 2.39. The third-order valence-electron chi connectivity index (χ3n) is 2.23. The molecule has 2 rings (SSSR count). The molecule has 1 aromatic carbocycles. The van der Waals surface area contributed by atoms with Crippen molar-refractivity contribution < 1.29 is 9.47 Å². The maximum absolute atomic E-state index is 5.33. The van der Waals surface area contributed by atoms with Gasteiger partial charge in [-0.15, -0.1) is 0 Å². The van der Waals surface area contributed by atoms with Gasteiger partial charge in [-0.1, -0.05) is 0 Å². The van der Waals surface area contributed by atoms with Crippen molar-refractivity contribution in [3.05, 3.63) is 29.0 Å². The average molecular weight is 268 g/mol. The van der Waals surface area contributed by atoms with Gasteiger partial charge in [-0.2, -0.15) is 0 Å². The summed E-state index contributed by atoms with van der Waals surface area (Å²) in [5, 5.41) is 1.99. The van der Waals surface area contributed by atoms with Gasteiger partial charge in [-0.3, -0.25) is 4.98 Å². The van der Waals surface area contributed by atoms with Gasteiger partial charge >= 0.3 is 0 Å². The lowest BCUT2D eigenvalue weighted by Gasteiger charge is -2.11. The Hall–Kier alpha value is -1.29. The molecule has 0 amide bonds. The molecule has 1 heterocycles. The molecule has 0 bridgehead atoms. The number of aromatic nitrogens is 1. The summed E-state index contributed by atoms with van der Waals surface area (Å²) in [5.41, 5.74) is 0. The van der Waals surface area contributed by atoms with Crippen LogP contribution in [0.5, 0.6) is 11.5 Å². The summed E-state index contributed by atoms with van der Waals surface area (Å²) >= 11 is 3.48. The molecule has 4 heteroatoms. The van der Waals surface area contributed by atoms with Crippen molar-refractivity contribution in [3.8, 4) is 11.5 Å².